The van der Waals surface area contributed by atoms with E-state index in [1.54, 1.807) is 4.90 Å². The zero-order valence-corrected chi connectivity index (χ0v) is 13.6. The van der Waals surface area contributed by atoms with E-state index >= 15 is 0 Å². The normalized spacial score (nSPS) is 12.6. The van der Waals surface area contributed by atoms with Gasteiger partial charge in [0.25, 0.3) is 0 Å². The average Bonchev–Trinajstić information content (AvgIpc) is 2.46. The number of carbonyl (C=O) groups is 2. The van der Waals surface area contributed by atoms with Crippen LogP contribution < -0.4 is 0 Å². The smallest absolute Gasteiger partial charge is 0.307 e. The summed E-state index contributed by atoms with van der Waals surface area (Å²) in [5.41, 5.74) is 0.569. The van der Waals surface area contributed by atoms with Crippen molar-refractivity contribution < 1.29 is 14.3 Å². The van der Waals surface area contributed by atoms with Crippen LogP contribution in [0.4, 0.5) is 0 Å². The molecule has 116 valence electrons. The van der Waals surface area contributed by atoms with Crippen LogP contribution in [0, 0.1) is 5.41 Å². The molecule has 1 rings (SSSR count). The first kappa shape index (κ1) is 17.2. The van der Waals surface area contributed by atoms with E-state index in [2.05, 4.69) is 4.74 Å². The second kappa shape index (κ2) is 7.25. The Kier molecular flexibility index (Phi) is 5.94. The van der Waals surface area contributed by atoms with Crippen molar-refractivity contribution in [3.8, 4) is 0 Å². The maximum Gasteiger partial charge on any atom is 0.307 e. The molecule has 0 spiro atoms. The van der Waals surface area contributed by atoms with Gasteiger partial charge in [-0.25, -0.2) is 0 Å². The van der Waals surface area contributed by atoms with Crippen molar-refractivity contribution in [2.45, 2.75) is 40.2 Å². The fraction of sp³-hybridized carbons (Fsp3) is 0.529. The molecular weight excluding hydrogens is 266 g/mol. The summed E-state index contributed by atoms with van der Waals surface area (Å²) in [5, 5.41) is 0. The second-order valence-corrected chi connectivity index (χ2v) is 6.16. The number of ether oxygens (including phenoxy) is 1. The van der Waals surface area contributed by atoms with Gasteiger partial charge in [0.1, 0.15) is 0 Å². The molecule has 0 radical (unpaired) electrons. The molecule has 0 aliphatic carbocycles. The molecule has 1 amide bonds. The number of esters is 1. The highest BCUT2D eigenvalue weighted by Crippen LogP contribution is 2.26. The van der Waals surface area contributed by atoms with E-state index in [1.807, 2.05) is 58.0 Å². The van der Waals surface area contributed by atoms with Gasteiger partial charge in [-0.1, -0.05) is 51.1 Å². The molecule has 4 nitrogen and oxygen atoms in total. The second-order valence-electron chi connectivity index (χ2n) is 6.16. The van der Waals surface area contributed by atoms with Gasteiger partial charge in [0.05, 0.1) is 19.6 Å². The maximum absolute atomic E-state index is 12.7. The molecule has 0 aliphatic rings. The molecule has 0 saturated carbocycles. The summed E-state index contributed by atoms with van der Waals surface area (Å²) >= 11 is 0. The van der Waals surface area contributed by atoms with Gasteiger partial charge >= 0.3 is 5.97 Å². The van der Waals surface area contributed by atoms with Crippen molar-refractivity contribution in [1.29, 1.82) is 0 Å². The number of carbonyl (C=O) groups excluding carboxylic acids is 2. The SMILES string of the molecule is COC(=O)CCN(C(=O)C(C)(C)C)C(C)c1ccccc1. The highest BCUT2D eigenvalue weighted by Gasteiger charge is 2.31. The lowest BCUT2D eigenvalue weighted by atomic mass is 9.93. The van der Waals surface area contributed by atoms with Crippen LogP contribution in [0.2, 0.25) is 0 Å². The molecule has 1 aromatic rings. The van der Waals surface area contributed by atoms with Crippen LogP contribution in [-0.4, -0.2) is 30.4 Å². The molecule has 0 aliphatic heterocycles. The molecule has 21 heavy (non-hydrogen) atoms. The molecule has 0 bridgehead atoms. The molecule has 1 atom stereocenters. The van der Waals surface area contributed by atoms with Crippen molar-refractivity contribution in [2.24, 2.45) is 5.41 Å². The number of methoxy groups -OCH3 is 1. The van der Waals surface area contributed by atoms with Gasteiger partial charge in [0.2, 0.25) is 5.91 Å². The van der Waals surface area contributed by atoms with Gasteiger partial charge in [-0.05, 0) is 12.5 Å². The molecule has 0 saturated heterocycles. The number of nitrogens with zero attached hydrogens (tertiary/aromatic N) is 1. The van der Waals surface area contributed by atoms with Crippen LogP contribution >= 0.6 is 0 Å². The zero-order chi connectivity index (χ0) is 16.0. The van der Waals surface area contributed by atoms with Gasteiger partial charge in [-0.15, -0.1) is 0 Å². The van der Waals surface area contributed by atoms with Gasteiger partial charge in [-0.2, -0.15) is 0 Å². The lowest BCUT2D eigenvalue weighted by Gasteiger charge is -2.34. The first-order valence-corrected chi connectivity index (χ1v) is 7.20. The van der Waals surface area contributed by atoms with Crippen molar-refractivity contribution in [3.63, 3.8) is 0 Å². The van der Waals surface area contributed by atoms with E-state index in [-0.39, 0.29) is 24.3 Å². The van der Waals surface area contributed by atoms with Crippen LogP contribution in [0.3, 0.4) is 0 Å². The van der Waals surface area contributed by atoms with Crippen LogP contribution in [0.1, 0.15) is 45.7 Å². The largest absolute Gasteiger partial charge is 0.469 e. The van der Waals surface area contributed by atoms with E-state index in [9.17, 15) is 9.59 Å². The first-order chi connectivity index (χ1) is 9.77. The minimum absolute atomic E-state index is 0.0303. The first-order valence-electron chi connectivity index (χ1n) is 7.20. The highest BCUT2D eigenvalue weighted by atomic mass is 16.5. The predicted octanol–water partition coefficient (Wildman–Crippen LogP) is 3.19. The quantitative estimate of drug-likeness (QED) is 0.783. The Hall–Kier alpha value is -1.84. The van der Waals surface area contributed by atoms with E-state index in [0.29, 0.717) is 6.54 Å². The van der Waals surface area contributed by atoms with E-state index < -0.39 is 5.41 Å². The summed E-state index contributed by atoms with van der Waals surface area (Å²) in [4.78, 5) is 25.8. The topological polar surface area (TPSA) is 46.6 Å². The monoisotopic (exact) mass is 291 g/mol. The van der Waals surface area contributed by atoms with Crippen LogP contribution in [0.15, 0.2) is 30.3 Å². The minimum Gasteiger partial charge on any atom is -0.469 e. The lowest BCUT2D eigenvalue weighted by Crippen LogP contribution is -2.42. The third-order valence-corrected chi connectivity index (χ3v) is 3.44. The summed E-state index contributed by atoms with van der Waals surface area (Å²) < 4.78 is 4.67. The number of rotatable bonds is 5. The van der Waals surface area contributed by atoms with E-state index in [1.165, 1.54) is 7.11 Å². The lowest BCUT2D eigenvalue weighted by molar-refractivity contribution is -0.145. The molecule has 0 aromatic heterocycles. The summed E-state index contributed by atoms with van der Waals surface area (Å²) in [5.74, 6) is -0.273. The molecule has 1 aromatic carbocycles. The van der Waals surface area contributed by atoms with Gasteiger partial charge in [0, 0.05) is 12.0 Å². The molecule has 1 unspecified atom stereocenters. The standard InChI is InChI=1S/C17H25NO3/c1-13(14-9-7-6-8-10-14)18(12-11-15(19)21-5)16(20)17(2,3)4/h6-10,13H,11-12H2,1-5H3. The van der Waals surface area contributed by atoms with Crippen molar-refractivity contribution in [2.75, 3.05) is 13.7 Å². The maximum atomic E-state index is 12.7. The molecule has 4 heteroatoms. The zero-order valence-electron chi connectivity index (χ0n) is 13.6. The number of benzene rings is 1. The molecule has 0 fully saturated rings. The number of hydrogen-bond donors (Lipinski definition) is 0. The summed E-state index contributed by atoms with van der Waals surface area (Å²) in [6, 6.07) is 9.75. The molecular formula is C17H25NO3. The Morgan fingerprint density at radius 2 is 1.76 bits per heavy atom. The Balaban J connectivity index is 2.96. The van der Waals surface area contributed by atoms with Gasteiger partial charge in [0.15, 0.2) is 0 Å². The highest BCUT2D eigenvalue weighted by molar-refractivity contribution is 5.82. The van der Waals surface area contributed by atoms with Crippen LogP contribution in [0.25, 0.3) is 0 Å². The molecule has 0 N–H and O–H groups in total. The Bertz CT molecular complexity index is 477. The summed E-state index contributed by atoms with van der Waals surface area (Å²) in [6.45, 7) is 8.00. The molecule has 0 heterocycles. The van der Waals surface area contributed by atoms with E-state index in [4.69, 9.17) is 0 Å². The summed E-state index contributed by atoms with van der Waals surface area (Å²) in [7, 11) is 1.36. The Labute approximate surface area is 127 Å². The number of amides is 1. The third-order valence-electron chi connectivity index (χ3n) is 3.44. The fourth-order valence-electron chi connectivity index (χ4n) is 2.13. The van der Waals surface area contributed by atoms with Gasteiger partial charge in [-0.3, -0.25) is 9.59 Å². The number of hydrogen-bond acceptors (Lipinski definition) is 3. The summed E-state index contributed by atoms with van der Waals surface area (Å²) in [6.07, 6.45) is 0.204. The van der Waals surface area contributed by atoms with Gasteiger partial charge < -0.3 is 9.64 Å². The minimum atomic E-state index is -0.487. The Morgan fingerprint density at radius 3 is 2.24 bits per heavy atom. The Morgan fingerprint density at radius 1 is 1.19 bits per heavy atom. The van der Waals surface area contributed by atoms with Crippen molar-refractivity contribution in [1.82, 2.24) is 4.90 Å². The predicted molar refractivity (Wildman–Crippen MR) is 82.7 cm³/mol. The third kappa shape index (κ3) is 4.88. The van der Waals surface area contributed by atoms with Crippen molar-refractivity contribution in [3.05, 3.63) is 35.9 Å². The van der Waals surface area contributed by atoms with E-state index in [0.717, 1.165) is 5.56 Å². The van der Waals surface area contributed by atoms with Crippen molar-refractivity contribution >= 4 is 11.9 Å². The van der Waals surface area contributed by atoms with Crippen LogP contribution in [0.5, 0.6) is 0 Å². The van der Waals surface area contributed by atoms with Crippen LogP contribution in [-0.2, 0) is 14.3 Å². The fourth-order valence-corrected chi connectivity index (χ4v) is 2.13. The average molecular weight is 291 g/mol.